The molecule has 1 saturated heterocycles. The van der Waals surface area contributed by atoms with E-state index >= 15 is 0 Å². The number of aromatic nitrogens is 2. The predicted octanol–water partition coefficient (Wildman–Crippen LogP) is 3.65. The average Bonchev–Trinajstić information content (AvgIpc) is 3.41. The largest absolute Gasteiger partial charge is 0.492 e. The van der Waals surface area contributed by atoms with Crippen LogP contribution in [0.5, 0.6) is 5.75 Å². The van der Waals surface area contributed by atoms with E-state index in [1.807, 2.05) is 30.3 Å². The van der Waals surface area contributed by atoms with Gasteiger partial charge in [-0.15, -0.1) is 0 Å². The van der Waals surface area contributed by atoms with Crippen LogP contribution in [-0.2, 0) is 22.5 Å². The Morgan fingerprint density at radius 1 is 1.23 bits per heavy atom. The molecule has 1 fully saturated rings. The van der Waals surface area contributed by atoms with Crippen molar-refractivity contribution in [2.45, 2.75) is 45.3 Å². The number of para-hydroxylation sites is 2. The van der Waals surface area contributed by atoms with Gasteiger partial charge in [0.25, 0.3) is 0 Å². The molecule has 1 unspecified atom stereocenters. The third-order valence-corrected chi connectivity index (χ3v) is 5.44. The highest BCUT2D eigenvalue weighted by Crippen LogP contribution is 2.18. The number of hydrogen-bond acceptors (Lipinski definition) is 4. The minimum absolute atomic E-state index is 0.00695. The van der Waals surface area contributed by atoms with Gasteiger partial charge in [-0.25, -0.2) is 4.98 Å². The molecule has 0 bridgehead atoms. The van der Waals surface area contributed by atoms with Gasteiger partial charge in [0.05, 0.1) is 17.6 Å². The average molecular weight is 408 g/mol. The third-order valence-electron chi connectivity index (χ3n) is 5.44. The highest BCUT2D eigenvalue weighted by molar-refractivity contribution is 5.80. The van der Waals surface area contributed by atoms with E-state index in [1.54, 1.807) is 0 Å². The number of nitrogens with zero attached hydrogens (tertiary/aromatic N) is 2. The van der Waals surface area contributed by atoms with E-state index in [2.05, 4.69) is 35.0 Å². The summed E-state index contributed by atoms with van der Waals surface area (Å²) < 4.78 is 13.6. The molecule has 0 radical (unpaired) electrons. The van der Waals surface area contributed by atoms with Crippen molar-refractivity contribution in [2.75, 3.05) is 19.8 Å². The fraction of sp³-hybridized carbons (Fsp3) is 0.417. The first-order valence-electron chi connectivity index (χ1n) is 10.7. The van der Waals surface area contributed by atoms with Gasteiger partial charge in [-0.1, -0.05) is 29.8 Å². The quantitative estimate of drug-likeness (QED) is 0.550. The van der Waals surface area contributed by atoms with Crippen molar-refractivity contribution in [3.8, 4) is 5.75 Å². The SMILES string of the molecule is Cc1ccc(OCCn2c(CCCNC(=O)C3CCCO3)nc3ccccc32)cc1. The number of amides is 1. The van der Waals surface area contributed by atoms with Crippen molar-refractivity contribution >= 4 is 16.9 Å². The molecular formula is C24H29N3O3. The summed E-state index contributed by atoms with van der Waals surface area (Å²) in [6.07, 6.45) is 3.15. The fourth-order valence-electron chi connectivity index (χ4n) is 3.81. The first kappa shape index (κ1) is 20.4. The summed E-state index contributed by atoms with van der Waals surface area (Å²) in [5.74, 6) is 1.91. The van der Waals surface area contributed by atoms with Crippen LogP contribution < -0.4 is 10.1 Å². The maximum Gasteiger partial charge on any atom is 0.249 e. The van der Waals surface area contributed by atoms with Gasteiger partial charge in [0, 0.05) is 19.6 Å². The molecule has 0 saturated carbocycles. The lowest BCUT2D eigenvalue weighted by atomic mass is 10.2. The van der Waals surface area contributed by atoms with Gasteiger partial charge in [0.2, 0.25) is 5.91 Å². The highest BCUT2D eigenvalue weighted by Gasteiger charge is 2.22. The molecular weight excluding hydrogens is 378 g/mol. The first-order chi connectivity index (χ1) is 14.7. The van der Waals surface area contributed by atoms with Crippen LogP contribution in [0.1, 0.15) is 30.7 Å². The van der Waals surface area contributed by atoms with Crippen LogP contribution in [0.25, 0.3) is 11.0 Å². The Morgan fingerprint density at radius 2 is 2.07 bits per heavy atom. The summed E-state index contributed by atoms with van der Waals surface area (Å²) in [7, 11) is 0. The van der Waals surface area contributed by atoms with Crippen LogP contribution in [0.4, 0.5) is 0 Å². The molecule has 1 atom stereocenters. The number of nitrogens with one attached hydrogen (secondary N) is 1. The number of ether oxygens (including phenoxy) is 2. The standard InChI is InChI=1S/C24H29N3O3/c1-18-10-12-19(13-11-18)29-17-15-27-21-7-3-2-6-20(21)26-23(27)9-4-14-25-24(28)22-8-5-16-30-22/h2-3,6-7,10-13,22H,4-5,8-9,14-17H2,1H3,(H,25,28). The molecule has 158 valence electrons. The zero-order valence-electron chi connectivity index (χ0n) is 17.5. The number of benzene rings is 2. The monoisotopic (exact) mass is 407 g/mol. The lowest BCUT2D eigenvalue weighted by Crippen LogP contribution is -2.34. The molecule has 0 spiro atoms. The second kappa shape index (κ2) is 9.76. The van der Waals surface area contributed by atoms with Crippen molar-refractivity contribution in [3.63, 3.8) is 0 Å². The molecule has 6 nitrogen and oxygen atoms in total. The van der Waals surface area contributed by atoms with E-state index in [9.17, 15) is 4.79 Å². The molecule has 3 aromatic rings. The lowest BCUT2D eigenvalue weighted by Gasteiger charge is -2.12. The van der Waals surface area contributed by atoms with Gasteiger partial charge in [0.15, 0.2) is 0 Å². The summed E-state index contributed by atoms with van der Waals surface area (Å²) in [5.41, 5.74) is 3.33. The van der Waals surface area contributed by atoms with Gasteiger partial charge < -0.3 is 19.4 Å². The summed E-state index contributed by atoms with van der Waals surface area (Å²) in [6.45, 7) is 4.68. The topological polar surface area (TPSA) is 65.4 Å². The molecule has 2 aromatic carbocycles. The normalized spacial score (nSPS) is 16.1. The predicted molar refractivity (Wildman–Crippen MR) is 117 cm³/mol. The number of hydrogen-bond donors (Lipinski definition) is 1. The smallest absolute Gasteiger partial charge is 0.249 e. The molecule has 4 rings (SSSR count). The summed E-state index contributed by atoms with van der Waals surface area (Å²) in [5, 5.41) is 2.99. The van der Waals surface area contributed by atoms with Crippen LogP contribution in [0.3, 0.4) is 0 Å². The van der Waals surface area contributed by atoms with Crippen LogP contribution in [0.2, 0.25) is 0 Å². The number of aryl methyl sites for hydroxylation is 2. The van der Waals surface area contributed by atoms with Gasteiger partial charge in [-0.3, -0.25) is 4.79 Å². The Kier molecular flexibility index (Phi) is 6.64. The molecule has 2 heterocycles. The maximum absolute atomic E-state index is 12.1. The second-order valence-corrected chi connectivity index (χ2v) is 7.73. The highest BCUT2D eigenvalue weighted by atomic mass is 16.5. The van der Waals surface area contributed by atoms with E-state index in [0.717, 1.165) is 54.8 Å². The third kappa shape index (κ3) is 5.00. The number of fused-ring (bicyclic) bond motifs is 1. The minimum atomic E-state index is -0.270. The van der Waals surface area contributed by atoms with Crippen molar-refractivity contribution in [1.82, 2.24) is 14.9 Å². The van der Waals surface area contributed by atoms with Crippen molar-refractivity contribution in [2.24, 2.45) is 0 Å². The van der Waals surface area contributed by atoms with Crippen molar-refractivity contribution in [1.29, 1.82) is 0 Å². The van der Waals surface area contributed by atoms with Crippen molar-refractivity contribution < 1.29 is 14.3 Å². The van der Waals surface area contributed by atoms with E-state index in [-0.39, 0.29) is 12.0 Å². The van der Waals surface area contributed by atoms with Crippen LogP contribution in [0.15, 0.2) is 48.5 Å². The van der Waals surface area contributed by atoms with Crippen LogP contribution in [-0.4, -0.2) is 41.3 Å². The summed E-state index contributed by atoms with van der Waals surface area (Å²) >= 11 is 0. The number of rotatable bonds is 9. The first-order valence-corrected chi connectivity index (χ1v) is 10.7. The number of imidazole rings is 1. The molecule has 30 heavy (non-hydrogen) atoms. The van der Waals surface area contributed by atoms with E-state index in [0.29, 0.717) is 19.8 Å². The second-order valence-electron chi connectivity index (χ2n) is 7.73. The molecule has 1 aliphatic heterocycles. The Hall–Kier alpha value is -2.86. The minimum Gasteiger partial charge on any atom is -0.492 e. The van der Waals surface area contributed by atoms with Gasteiger partial charge in [0.1, 0.15) is 24.3 Å². The van der Waals surface area contributed by atoms with E-state index in [1.165, 1.54) is 5.56 Å². The number of carbonyl (C=O) groups is 1. The lowest BCUT2D eigenvalue weighted by molar-refractivity contribution is -0.130. The van der Waals surface area contributed by atoms with Gasteiger partial charge in [-0.2, -0.15) is 0 Å². The Bertz CT molecular complexity index is 975. The Labute approximate surface area is 177 Å². The maximum atomic E-state index is 12.1. The summed E-state index contributed by atoms with van der Waals surface area (Å²) in [6, 6.07) is 16.3. The Balaban J connectivity index is 1.34. The molecule has 6 heteroatoms. The van der Waals surface area contributed by atoms with Gasteiger partial charge in [-0.05, 0) is 50.5 Å². The van der Waals surface area contributed by atoms with Crippen molar-refractivity contribution in [3.05, 3.63) is 59.9 Å². The summed E-state index contributed by atoms with van der Waals surface area (Å²) in [4.78, 5) is 16.9. The van der Waals surface area contributed by atoms with Crippen LogP contribution in [0, 0.1) is 6.92 Å². The fourth-order valence-corrected chi connectivity index (χ4v) is 3.81. The zero-order chi connectivity index (χ0) is 20.8. The zero-order valence-corrected chi connectivity index (χ0v) is 17.5. The van der Waals surface area contributed by atoms with Gasteiger partial charge >= 0.3 is 0 Å². The Morgan fingerprint density at radius 3 is 2.87 bits per heavy atom. The molecule has 1 aromatic heterocycles. The number of carbonyl (C=O) groups excluding carboxylic acids is 1. The molecule has 1 aliphatic rings. The molecule has 0 aliphatic carbocycles. The van der Waals surface area contributed by atoms with E-state index in [4.69, 9.17) is 14.5 Å². The molecule has 1 N–H and O–H groups in total. The van der Waals surface area contributed by atoms with E-state index < -0.39 is 0 Å². The molecule has 1 amide bonds. The van der Waals surface area contributed by atoms with Crippen LogP contribution >= 0.6 is 0 Å².